The highest BCUT2D eigenvalue weighted by atomic mass is 35.5. The molecule has 2 rings (SSSR count). The van der Waals surface area contributed by atoms with Crippen molar-refractivity contribution in [3.05, 3.63) is 56.3 Å². The van der Waals surface area contributed by atoms with Crippen molar-refractivity contribution >= 4 is 29.2 Å². The van der Waals surface area contributed by atoms with E-state index in [1.165, 1.54) is 30.3 Å². The van der Waals surface area contributed by atoms with Crippen LogP contribution in [-0.2, 0) is 6.54 Å². The molecule has 0 atom stereocenters. The van der Waals surface area contributed by atoms with Gasteiger partial charge in [0.2, 0.25) is 5.88 Å². The van der Waals surface area contributed by atoms with Gasteiger partial charge in [-0.15, -0.1) is 5.10 Å². The van der Waals surface area contributed by atoms with Crippen molar-refractivity contribution in [3.63, 3.8) is 0 Å². The van der Waals surface area contributed by atoms with Crippen LogP contribution < -0.4 is 10.3 Å². The van der Waals surface area contributed by atoms with Gasteiger partial charge in [0, 0.05) is 17.2 Å². The van der Waals surface area contributed by atoms with Crippen LogP contribution >= 0.6 is 23.2 Å². The van der Waals surface area contributed by atoms with Crippen LogP contribution in [0.4, 0.5) is 0 Å². The molecule has 0 amide bonds. The highest BCUT2D eigenvalue weighted by Gasteiger charge is 2.14. The monoisotopic (exact) mass is 337 g/mol. The SMILES string of the molecule is N#CCCn1nc(OC(=O)c2ccc(Cl)cc2Cl)ccc1=O. The zero-order valence-electron chi connectivity index (χ0n) is 11.1. The van der Waals surface area contributed by atoms with E-state index in [0.29, 0.717) is 5.02 Å². The highest BCUT2D eigenvalue weighted by molar-refractivity contribution is 6.36. The molecule has 0 saturated carbocycles. The van der Waals surface area contributed by atoms with Crippen LogP contribution in [0.25, 0.3) is 0 Å². The number of nitriles is 1. The highest BCUT2D eigenvalue weighted by Crippen LogP contribution is 2.22. The number of carbonyl (C=O) groups excluding carboxylic acids is 1. The Bertz CT molecular complexity index is 812. The number of ether oxygens (including phenoxy) is 1. The van der Waals surface area contributed by atoms with E-state index in [4.69, 9.17) is 33.2 Å². The number of aromatic nitrogens is 2. The van der Waals surface area contributed by atoms with Crippen LogP contribution in [0, 0.1) is 11.3 Å². The summed E-state index contributed by atoms with van der Waals surface area (Å²) in [6.07, 6.45) is 0.118. The van der Waals surface area contributed by atoms with Gasteiger partial charge in [-0.1, -0.05) is 23.2 Å². The molecule has 1 aromatic carbocycles. The second-order valence-corrected chi connectivity index (χ2v) is 5.00. The van der Waals surface area contributed by atoms with Gasteiger partial charge >= 0.3 is 5.97 Å². The molecule has 2 aromatic rings. The van der Waals surface area contributed by atoms with E-state index in [0.717, 1.165) is 4.68 Å². The molecular weight excluding hydrogens is 329 g/mol. The summed E-state index contributed by atoms with van der Waals surface area (Å²) < 4.78 is 6.13. The molecule has 1 aromatic heterocycles. The third-order valence-corrected chi connectivity index (χ3v) is 3.17. The molecule has 0 aliphatic heterocycles. The first-order valence-electron chi connectivity index (χ1n) is 6.13. The molecule has 0 unspecified atom stereocenters. The summed E-state index contributed by atoms with van der Waals surface area (Å²) in [6, 6.07) is 8.73. The third kappa shape index (κ3) is 3.85. The number of nitrogens with zero attached hydrogens (tertiary/aromatic N) is 3. The average Bonchev–Trinajstić information content (AvgIpc) is 2.47. The average molecular weight is 338 g/mol. The number of benzene rings is 1. The van der Waals surface area contributed by atoms with Crippen LogP contribution in [0.5, 0.6) is 5.88 Å². The van der Waals surface area contributed by atoms with Crippen molar-refractivity contribution in [2.24, 2.45) is 0 Å². The fourth-order valence-corrected chi connectivity index (χ4v) is 2.09. The summed E-state index contributed by atoms with van der Waals surface area (Å²) >= 11 is 11.7. The minimum Gasteiger partial charge on any atom is -0.402 e. The summed E-state index contributed by atoms with van der Waals surface area (Å²) in [5.74, 6) is -0.784. The van der Waals surface area contributed by atoms with Crippen molar-refractivity contribution in [3.8, 4) is 11.9 Å². The van der Waals surface area contributed by atoms with Gasteiger partial charge in [0.15, 0.2) is 0 Å². The number of esters is 1. The third-order valence-electron chi connectivity index (χ3n) is 2.63. The first-order valence-corrected chi connectivity index (χ1v) is 6.89. The number of hydrogen-bond acceptors (Lipinski definition) is 5. The van der Waals surface area contributed by atoms with E-state index in [1.54, 1.807) is 0 Å². The van der Waals surface area contributed by atoms with E-state index in [-0.39, 0.29) is 35.0 Å². The fourth-order valence-electron chi connectivity index (χ4n) is 1.61. The van der Waals surface area contributed by atoms with E-state index in [1.807, 2.05) is 6.07 Å². The van der Waals surface area contributed by atoms with E-state index < -0.39 is 5.97 Å². The van der Waals surface area contributed by atoms with Gasteiger partial charge < -0.3 is 4.74 Å². The van der Waals surface area contributed by atoms with Crippen LogP contribution in [-0.4, -0.2) is 15.7 Å². The maximum atomic E-state index is 12.0. The predicted octanol–water partition coefficient (Wildman–Crippen LogP) is 2.68. The van der Waals surface area contributed by atoms with Crippen LogP contribution in [0.15, 0.2) is 35.1 Å². The normalized spacial score (nSPS) is 10.0. The van der Waals surface area contributed by atoms with Gasteiger partial charge in [0.05, 0.1) is 29.6 Å². The number of carbonyl (C=O) groups is 1. The Kier molecular flexibility index (Phi) is 5.15. The molecule has 6 nitrogen and oxygen atoms in total. The molecule has 0 bridgehead atoms. The van der Waals surface area contributed by atoms with Gasteiger partial charge in [-0.2, -0.15) is 5.26 Å². The largest absolute Gasteiger partial charge is 0.402 e. The first kappa shape index (κ1) is 16.0. The Hall–Kier alpha value is -2.36. The predicted molar refractivity (Wildman–Crippen MR) is 80.1 cm³/mol. The maximum absolute atomic E-state index is 12.0. The molecule has 0 N–H and O–H groups in total. The standard InChI is InChI=1S/C14H9Cl2N3O3/c15-9-2-3-10(11(16)8-9)14(21)22-12-4-5-13(20)19(18-12)7-1-6-17/h2-5,8H,1,7H2. The molecule has 8 heteroatoms. The first-order chi connectivity index (χ1) is 10.5. The van der Waals surface area contributed by atoms with E-state index >= 15 is 0 Å². The summed E-state index contributed by atoms with van der Waals surface area (Å²) in [6.45, 7) is 0.114. The molecule has 22 heavy (non-hydrogen) atoms. The van der Waals surface area contributed by atoms with Gasteiger partial charge in [0.25, 0.3) is 5.56 Å². The molecule has 0 saturated heterocycles. The second-order valence-electron chi connectivity index (χ2n) is 4.15. The number of halogens is 2. The zero-order chi connectivity index (χ0) is 16.1. The van der Waals surface area contributed by atoms with Crippen molar-refractivity contribution < 1.29 is 9.53 Å². The molecule has 0 radical (unpaired) electrons. The lowest BCUT2D eigenvalue weighted by molar-refractivity contribution is 0.0724. The topological polar surface area (TPSA) is 85.0 Å². The molecule has 1 heterocycles. The Morgan fingerprint density at radius 3 is 2.77 bits per heavy atom. The minimum absolute atomic E-state index is 0.0615. The molecule has 0 aliphatic rings. The number of rotatable bonds is 4. The quantitative estimate of drug-likeness (QED) is 0.800. The molecule has 0 spiro atoms. The molecular formula is C14H9Cl2N3O3. The smallest absolute Gasteiger partial charge is 0.346 e. The van der Waals surface area contributed by atoms with E-state index in [2.05, 4.69) is 5.10 Å². The molecule has 0 fully saturated rings. The van der Waals surface area contributed by atoms with Gasteiger partial charge in [-0.3, -0.25) is 4.79 Å². The molecule has 112 valence electrons. The number of aryl methyl sites for hydroxylation is 1. The summed E-state index contributed by atoms with van der Waals surface area (Å²) in [5.41, 5.74) is -0.262. The zero-order valence-corrected chi connectivity index (χ0v) is 12.6. The summed E-state index contributed by atoms with van der Waals surface area (Å²) in [7, 11) is 0. The molecule has 0 aliphatic carbocycles. The lowest BCUT2D eigenvalue weighted by Crippen LogP contribution is -2.23. The Labute approximate surface area is 135 Å². The van der Waals surface area contributed by atoms with Gasteiger partial charge in [-0.25, -0.2) is 9.48 Å². The lowest BCUT2D eigenvalue weighted by atomic mass is 10.2. The van der Waals surface area contributed by atoms with Crippen LogP contribution in [0.2, 0.25) is 10.0 Å². The Morgan fingerprint density at radius 2 is 2.09 bits per heavy atom. The summed E-state index contributed by atoms with van der Waals surface area (Å²) in [5, 5.41) is 12.9. The van der Waals surface area contributed by atoms with Crippen molar-refractivity contribution in [2.45, 2.75) is 13.0 Å². The lowest BCUT2D eigenvalue weighted by Gasteiger charge is -2.07. The van der Waals surface area contributed by atoms with Gasteiger partial charge in [-0.05, 0) is 18.2 Å². The van der Waals surface area contributed by atoms with E-state index in [9.17, 15) is 9.59 Å². The van der Waals surface area contributed by atoms with Gasteiger partial charge in [0.1, 0.15) is 0 Å². The Morgan fingerprint density at radius 1 is 1.32 bits per heavy atom. The second kappa shape index (κ2) is 7.07. The maximum Gasteiger partial charge on any atom is 0.346 e. The summed E-state index contributed by atoms with van der Waals surface area (Å²) in [4.78, 5) is 23.6. The van der Waals surface area contributed by atoms with Crippen molar-refractivity contribution in [2.75, 3.05) is 0 Å². The fraction of sp³-hybridized carbons (Fsp3) is 0.143. The van der Waals surface area contributed by atoms with Crippen molar-refractivity contribution in [1.82, 2.24) is 9.78 Å². The van der Waals surface area contributed by atoms with Crippen LogP contribution in [0.3, 0.4) is 0 Å². The van der Waals surface area contributed by atoms with Crippen molar-refractivity contribution in [1.29, 1.82) is 5.26 Å². The number of hydrogen-bond donors (Lipinski definition) is 0. The van der Waals surface area contributed by atoms with Crippen LogP contribution in [0.1, 0.15) is 16.8 Å². The Balaban J connectivity index is 2.21. The minimum atomic E-state index is -0.723.